The summed E-state index contributed by atoms with van der Waals surface area (Å²) in [5, 5.41) is 3.73. The number of ether oxygens (including phenoxy) is 1. The van der Waals surface area contributed by atoms with Gasteiger partial charge in [-0.1, -0.05) is 25.2 Å². The number of allylic oxidation sites excluding steroid dienone is 1. The Morgan fingerprint density at radius 1 is 1.21 bits per heavy atom. The Labute approximate surface area is 175 Å². The van der Waals surface area contributed by atoms with E-state index in [-0.39, 0.29) is 0 Å². The molecule has 1 aliphatic carbocycles. The quantitative estimate of drug-likeness (QED) is 0.437. The highest BCUT2D eigenvalue weighted by Crippen LogP contribution is 2.18. The van der Waals surface area contributed by atoms with Crippen LogP contribution in [0.3, 0.4) is 0 Å². The van der Waals surface area contributed by atoms with E-state index in [1.54, 1.807) is 5.70 Å². The molecular weight excluding hydrogens is 364 g/mol. The molecule has 1 aromatic rings. The summed E-state index contributed by atoms with van der Waals surface area (Å²) in [7, 11) is 0. The van der Waals surface area contributed by atoms with Crippen LogP contribution in [-0.2, 0) is 4.74 Å². The van der Waals surface area contributed by atoms with Crippen molar-refractivity contribution in [2.24, 2.45) is 5.92 Å². The Kier molecular flexibility index (Phi) is 8.19. The largest absolute Gasteiger partial charge is 0.378 e. The number of hydrogen-bond acceptors (Lipinski definition) is 4. The zero-order valence-electron chi connectivity index (χ0n) is 18.1. The Hall–Kier alpha value is -1.10. The van der Waals surface area contributed by atoms with Crippen molar-refractivity contribution in [3.63, 3.8) is 0 Å². The van der Waals surface area contributed by atoms with Crippen LogP contribution in [0.25, 0.3) is 11.8 Å². The van der Waals surface area contributed by atoms with Crippen LogP contribution in [0.4, 0.5) is 0 Å². The average molecular weight is 403 g/mol. The Bertz CT molecular complexity index is 745. The number of nitrogens with zero attached hydrogens (tertiary/aromatic N) is 2. The number of rotatable bonds is 10. The zero-order chi connectivity index (χ0) is 19.9. The van der Waals surface area contributed by atoms with Gasteiger partial charge in [0.05, 0.1) is 6.10 Å². The van der Waals surface area contributed by atoms with Crippen LogP contribution in [0.1, 0.15) is 52.9 Å². The number of fused-ring (bicyclic) bond motifs is 1. The molecule has 0 N–H and O–H groups in total. The van der Waals surface area contributed by atoms with Gasteiger partial charge in [0.2, 0.25) is 0 Å². The second kappa shape index (κ2) is 10.6. The van der Waals surface area contributed by atoms with Crippen molar-refractivity contribution in [1.29, 1.82) is 0 Å². The topological polar surface area (TPSA) is 15.7 Å². The molecule has 0 spiro atoms. The molecule has 1 saturated heterocycles. The number of thiophene rings is 1. The molecule has 0 amide bonds. The van der Waals surface area contributed by atoms with Gasteiger partial charge in [-0.15, -0.1) is 11.3 Å². The van der Waals surface area contributed by atoms with Crippen molar-refractivity contribution in [3.8, 4) is 0 Å². The fourth-order valence-electron chi connectivity index (χ4n) is 4.15. The van der Waals surface area contributed by atoms with Gasteiger partial charge in [-0.25, -0.2) is 0 Å². The van der Waals surface area contributed by atoms with Crippen molar-refractivity contribution in [3.05, 3.63) is 33.3 Å². The van der Waals surface area contributed by atoms with Crippen LogP contribution >= 0.6 is 11.3 Å². The van der Waals surface area contributed by atoms with Gasteiger partial charge in [0, 0.05) is 54.8 Å². The van der Waals surface area contributed by atoms with Crippen molar-refractivity contribution in [2.75, 3.05) is 39.3 Å². The highest BCUT2D eigenvalue weighted by molar-refractivity contribution is 7.07. The lowest BCUT2D eigenvalue weighted by Gasteiger charge is -2.38. The molecule has 0 saturated carbocycles. The smallest absolute Gasteiger partial charge is 0.0547 e. The molecule has 2 unspecified atom stereocenters. The molecule has 0 radical (unpaired) electrons. The molecule has 4 heteroatoms. The molecule has 0 aromatic carbocycles. The van der Waals surface area contributed by atoms with Crippen molar-refractivity contribution in [2.45, 2.75) is 59.0 Å². The lowest BCUT2D eigenvalue weighted by Crippen LogP contribution is -2.48. The molecule has 28 heavy (non-hydrogen) atoms. The van der Waals surface area contributed by atoms with Gasteiger partial charge in [0.25, 0.3) is 0 Å². The summed E-state index contributed by atoms with van der Waals surface area (Å²) in [6, 6.07) is 2.31. The molecule has 3 rings (SSSR count). The van der Waals surface area contributed by atoms with E-state index in [4.69, 9.17) is 4.74 Å². The first-order valence-electron chi connectivity index (χ1n) is 11.1. The number of piperazine rings is 1. The maximum absolute atomic E-state index is 6.04. The first-order valence-corrected chi connectivity index (χ1v) is 11.9. The maximum atomic E-state index is 6.04. The number of hydrogen-bond donors (Lipinski definition) is 0. The summed E-state index contributed by atoms with van der Waals surface area (Å²) in [6.07, 6.45) is 8.62. The summed E-state index contributed by atoms with van der Waals surface area (Å²) in [4.78, 5) is 5.24. The Morgan fingerprint density at radius 2 is 2.00 bits per heavy atom. The fourth-order valence-corrected chi connectivity index (χ4v) is 5.03. The molecule has 3 nitrogen and oxygen atoms in total. The lowest BCUT2D eigenvalue weighted by atomic mass is 9.97. The van der Waals surface area contributed by atoms with E-state index < -0.39 is 0 Å². The lowest BCUT2D eigenvalue weighted by molar-refractivity contribution is 0.0479. The van der Waals surface area contributed by atoms with Crippen LogP contribution in [-0.4, -0.2) is 55.2 Å². The van der Waals surface area contributed by atoms with Gasteiger partial charge in [-0.05, 0) is 63.3 Å². The van der Waals surface area contributed by atoms with Gasteiger partial charge in [-0.2, -0.15) is 0 Å². The highest BCUT2D eigenvalue weighted by atomic mass is 32.1. The fraction of sp³-hybridized carbons (Fsp3) is 0.667. The van der Waals surface area contributed by atoms with Gasteiger partial charge in [0.15, 0.2) is 0 Å². The standard InChI is InChI=1S/C24H38N2OS/c1-19(2)20(3)9-10-21(4)27-17-6-12-25-13-15-26(16-14-25)23-7-5-8-24-22(23)11-18-28-24/h8,11,18,20-21H,1,5-7,9-10,12-17H2,2-4H3. The minimum Gasteiger partial charge on any atom is -0.378 e. The normalized spacial score (nSPS) is 19.8. The third kappa shape index (κ3) is 5.95. The molecule has 1 fully saturated rings. The summed E-state index contributed by atoms with van der Waals surface area (Å²) in [5.74, 6) is 0.604. The maximum Gasteiger partial charge on any atom is 0.0547 e. The van der Waals surface area contributed by atoms with Crippen molar-refractivity contribution < 1.29 is 4.74 Å². The molecule has 2 aliphatic rings. The van der Waals surface area contributed by atoms with Gasteiger partial charge >= 0.3 is 0 Å². The van der Waals surface area contributed by atoms with E-state index in [0.717, 1.165) is 26.0 Å². The van der Waals surface area contributed by atoms with Gasteiger partial charge in [0.1, 0.15) is 0 Å². The predicted octanol–water partition coefficient (Wildman–Crippen LogP) is 3.84. The molecular formula is C24H38N2OS. The Balaban J connectivity index is 1.33. The van der Waals surface area contributed by atoms with E-state index in [1.165, 1.54) is 60.8 Å². The summed E-state index contributed by atoms with van der Waals surface area (Å²) >= 11 is 1.88. The highest BCUT2D eigenvalue weighted by Gasteiger charge is 2.20. The zero-order valence-corrected chi connectivity index (χ0v) is 18.9. The minimum atomic E-state index is 0.359. The van der Waals surface area contributed by atoms with Crippen molar-refractivity contribution in [1.82, 2.24) is 9.80 Å². The van der Waals surface area contributed by atoms with Gasteiger partial charge < -0.3 is 9.64 Å². The predicted molar refractivity (Wildman–Crippen MR) is 122 cm³/mol. The van der Waals surface area contributed by atoms with Crippen molar-refractivity contribution >= 4 is 23.1 Å². The monoisotopic (exact) mass is 402 g/mol. The summed E-state index contributed by atoms with van der Waals surface area (Å²) in [5.41, 5.74) is 2.87. The second-order valence-electron chi connectivity index (χ2n) is 8.58. The molecule has 2 heterocycles. The van der Waals surface area contributed by atoms with Gasteiger partial charge in [-0.3, -0.25) is 4.90 Å². The first kappa shape index (κ1) is 21.6. The van der Waals surface area contributed by atoms with E-state index in [0.29, 0.717) is 12.0 Å². The second-order valence-corrected chi connectivity index (χ2v) is 9.52. The van der Waals surface area contributed by atoms with E-state index in [1.807, 2.05) is 11.3 Å². The molecule has 1 aromatic heterocycles. The third-order valence-electron chi connectivity index (χ3n) is 6.34. The van der Waals surface area contributed by atoms with Crippen LogP contribution < -0.4 is 9.75 Å². The first-order chi connectivity index (χ1) is 13.5. The van der Waals surface area contributed by atoms with Crippen LogP contribution in [0, 0.1) is 5.92 Å². The van der Waals surface area contributed by atoms with E-state index >= 15 is 0 Å². The summed E-state index contributed by atoms with van der Waals surface area (Å²) < 4.78 is 7.52. The molecule has 156 valence electrons. The van der Waals surface area contributed by atoms with E-state index in [2.05, 4.69) is 54.7 Å². The van der Waals surface area contributed by atoms with Crippen LogP contribution in [0.5, 0.6) is 0 Å². The summed E-state index contributed by atoms with van der Waals surface area (Å²) in [6.45, 7) is 17.4. The Morgan fingerprint density at radius 3 is 2.75 bits per heavy atom. The van der Waals surface area contributed by atoms with Crippen LogP contribution in [0.2, 0.25) is 0 Å². The third-order valence-corrected chi connectivity index (χ3v) is 7.25. The minimum absolute atomic E-state index is 0.359. The average Bonchev–Trinajstić information content (AvgIpc) is 3.18. The SMILES string of the molecule is C=C(C)C(C)CCC(C)OCCCN1CCN(C2=c3ccsc3=CCC2)CC1. The molecule has 2 atom stereocenters. The van der Waals surface area contributed by atoms with E-state index in [9.17, 15) is 0 Å². The molecule has 0 bridgehead atoms. The van der Waals surface area contributed by atoms with Crippen LogP contribution in [0.15, 0.2) is 23.6 Å². The molecule has 1 aliphatic heterocycles.